The van der Waals surface area contributed by atoms with Crippen molar-refractivity contribution in [1.82, 2.24) is 34.9 Å². The Kier molecular flexibility index (Phi) is 7.22. The van der Waals surface area contributed by atoms with Crippen LogP contribution in [0.3, 0.4) is 0 Å². The van der Waals surface area contributed by atoms with Gasteiger partial charge in [-0.05, 0) is 77.4 Å². The van der Waals surface area contributed by atoms with Gasteiger partial charge in [-0.1, -0.05) is 25.0 Å². The molecular weight excluding hydrogens is 612 g/mol. The van der Waals surface area contributed by atoms with Crippen LogP contribution in [0.5, 0.6) is 0 Å². The minimum Gasteiger partial charge on any atom is -0.340 e. The quantitative estimate of drug-likeness (QED) is 0.233. The van der Waals surface area contributed by atoms with E-state index in [9.17, 15) is 14.4 Å². The van der Waals surface area contributed by atoms with Gasteiger partial charge in [0.05, 0.1) is 12.1 Å². The van der Waals surface area contributed by atoms with Gasteiger partial charge in [-0.2, -0.15) is 5.10 Å². The Labute approximate surface area is 256 Å². The van der Waals surface area contributed by atoms with Crippen molar-refractivity contribution in [2.45, 2.75) is 52.2 Å². The van der Waals surface area contributed by atoms with Crippen LogP contribution in [-0.4, -0.2) is 66.0 Å². The van der Waals surface area contributed by atoms with E-state index >= 15 is 0 Å². The monoisotopic (exact) mass is 640 g/mol. The van der Waals surface area contributed by atoms with Crippen LogP contribution in [0.1, 0.15) is 41.6 Å². The summed E-state index contributed by atoms with van der Waals surface area (Å²) < 4.78 is 2.12. The maximum atomic E-state index is 13.9. The average Bonchev–Trinajstić information content (AvgIpc) is 3.35. The van der Waals surface area contributed by atoms with Gasteiger partial charge in [0.15, 0.2) is 5.69 Å². The van der Waals surface area contributed by atoms with Gasteiger partial charge in [0.2, 0.25) is 11.8 Å². The largest absolute Gasteiger partial charge is 0.340 e. The Morgan fingerprint density at radius 3 is 2.63 bits per heavy atom. The maximum Gasteiger partial charge on any atom is 0.273 e. The molecule has 11 nitrogen and oxygen atoms in total. The molecule has 4 heterocycles. The van der Waals surface area contributed by atoms with E-state index in [-0.39, 0.29) is 42.1 Å². The molecule has 1 aliphatic carbocycles. The van der Waals surface area contributed by atoms with Crippen molar-refractivity contribution < 1.29 is 14.4 Å². The lowest BCUT2D eigenvalue weighted by molar-refractivity contribution is -0.138. The van der Waals surface area contributed by atoms with Crippen LogP contribution in [0.4, 0.5) is 5.82 Å². The van der Waals surface area contributed by atoms with Gasteiger partial charge in [0.25, 0.3) is 5.91 Å². The van der Waals surface area contributed by atoms with Crippen molar-refractivity contribution in [2.24, 2.45) is 5.41 Å². The van der Waals surface area contributed by atoms with Crippen LogP contribution in [0.25, 0.3) is 22.0 Å². The second-order valence-corrected chi connectivity index (χ2v) is 12.1. The van der Waals surface area contributed by atoms with Crippen molar-refractivity contribution in [1.29, 1.82) is 0 Å². The van der Waals surface area contributed by atoms with Crippen LogP contribution < -0.4 is 10.6 Å². The molecule has 2 N–H and O–H groups in total. The fraction of sp³-hybridized carbons (Fsp3) is 0.323. The minimum atomic E-state index is -0.648. The predicted molar refractivity (Wildman–Crippen MR) is 164 cm³/mol. The number of carbonyl (C=O) groups excluding carboxylic acids is 3. The average molecular weight is 642 g/mol. The molecule has 43 heavy (non-hydrogen) atoms. The van der Waals surface area contributed by atoms with Gasteiger partial charge in [0.1, 0.15) is 28.8 Å². The lowest BCUT2D eigenvalue weighted by atomic mass is 10.0. The molecule has 3 aromatic heterocycles. The predicted octanol–water partition coefficient (Wildman–Crippen LogP) is 3.65. The minimum absolute atomic E-state index is 0.0365. The summed E-state index contributed by atoms with van der Waals surface area (Å²) in [5, 5.41) is 10.7. The number of aromatic nitrogens is 5. The van der Waals surface area contributed by atoms with Crippen molar-refractivity contribution >= 4 is 50.4 Å². The summed E-state index contributed by atoms with van der Waals surface area (Å²) in [4.78, 5) is 55.1. The summed E-state index contributed by atoms with van der Waals surface area (Å²) in [6.07, 6.45) is 10.2. The Morgan fingerprint density at radius 1 is 1.12 bits per heavy atom. The summed E-state index contributed by atoms with van der Waals surface area (Å²) in [7, 11) is 0. The van der Waals surface area contributed by atoms with E-state index in [1.807, 2.05) is 31.2 Å². The summed E-state index contributed by atoms with van der Waals surface area (Å²) in [5.74, 6) is 2.52. The number of fused-ring (bicyclic) bond motifs is 2. The fourth-order valence-electron chi connectivity index (χ4n) is 5.81. The third-order valence-electron chi connectivity index (χ3n) is 8.25. The number of nitrogens with one attached hydrogen (secondary N) is 2. The number of anilines is 1. The van der Waals surface area contributed by atoms with Crippen molar-refractivity contribution in [3.63, 3.8) is 0 Å². The van der Waals surface area contributed by atoms with Gasteiger partial charge in [-0.3, -0.25) is 19.1 Å². The molecule has 6 rings (SSSR count). The first-order chi connectivity index (χ1) is 20.6. The Balaban J connectivity index is 1.31. The van der Waals surface area contributed by atoms with Gasteiger partial charge in [0, 0.05) is 29.4 Å². The number of halogens is 1. The smallest absolute Gasteiger partial charge is 0.273 e. The molecule has 0 spiro atoms. The van der Waals surface area contributed by atoms with Gasteiger partial charge >= 0.3 is 0 Å². The fourth-order valence-corrected chi connectivity index (χ4v) is 6.11. The molecule has 12 heteroatoms. The molecular formula is C31H29BrN8O3. The molecule has 4 aromatic rings. The Morgan fingerprint density at radius 2 is 1.88 bits per heavy atom. The highest BCUT2D eigenvalue weighted by atomic mass is 79.9. The molecule has 3 atom stereocenters. The van der Waals surface area contributed by atoms with E-state index in [1.165, 1.54) is 4.68 Å². The van der Waals surface area contributed by atoms with Gasteiger partial charge < -0.3 is 15.5 Å². The molecule has 1 saturated heterocycles. The molecule has 0 unspecified atom stereocenters. The molecule has 1 saturated carbocycles. The van der Waals surface area contributed by atoms with Crippen molar-refractivity contribution in [2.75, 3.05) is 11.9 Å². The SMILES string of the molecule is C#CCNC(=O)c1nn(CC(=O)N2[C@H](C(=O)Nc3nc(Br)ccc3C)C[C@@]3(C)C[C@@H]23)c2ccc(-c3cnc(C)nc3)cc12. The Hall–Kier alpha value is -4.63. The second kappa shape index (κ2) is 10.9. The number of piperidine rings is 1. The number of hydrogen-bond donors (Lipinski definition) is 2. The molecule has 0 radical (unpaired) electrons. The van der Waals surface area contributed by atoms with Crippen LogP contribution in [0, 0.1) is 31.6 Å². The van der Waals surface area contributed by atoms with Crippen LogP contribution in [0.15, 0.2) is 47.3 Å². The van der Waals surface area contributed by atoms with E-state index in [2.05, 4.69) is 59.5 Å². The van der Waals surface area contributed by atoms with E-state index in [4.69, 9.17) is 6.42 Å². The number of terminal acetylenes is 1. The lowest BCUT2D eigenvalue weighted by Crippen LogP contribution is -2.47. The number of benzene rings is 1. The van der Waals surface area contributed by atoms with E-state index < -0.39 is 11.9 Å². The summed E-state index contributed by atoms with van der Waals surface area (Å²) in [5.41, 5.74) is 3.03. The number of pyridine rings is 1. The number of nitrogens with zero attached hydrogens (tertiary/aromatic N) is 6. The highest BCUT2D eigenvalue weighted by molar-refractivity contribution is 9.10. The first-order valence-corrected chi connectivity index (χ1v) is 14.6. The highest BCUT2D eigenvalue weighted by Crippen LogP contribution is 2.59. The van der Waals surface area contributed by atoms with Crippen LogP contribution >= 0.6 is 15.9 Å². The second-order valence-electron chi connectivity index (χ2n) is 11.3. The number of likely N-dealkylation sites (tertiary alicyclic amines) is 1. The summed E-state index contributed by atoms with van der Waals surface area (Å²) in [6, 6.07) is 8.50. The molecule has 0 bridgehead atoms. The van der Waals surface area contributed by atoms with Crippen LogP contribution in [0.2, 0.25) is 0 Å². The van der Waals surface area contributed by atoms with E-state index in [0.717, 1.165) is 23.1 Å². The molecule has 1 aliphatic heterocycles. The van der Waals surface area contributed by atoms with E-state index in [0.29, 0.717) is 33.6 Å². The third-order valence-corrected chi connectivity index (χ3v) is 8.69. The summed E-state index contributed by atoms with van der Waals surface area (Å²) in [6.45, 7) is 5.66. The number of hydrogen-bond acceptors (Lipinski definition) is 7. The lowest BCUT2D eigenvalue weighted by Gasteiger charge is -2.27. The van der Waals surface area contributed by atoms with Gasteiger partial charge in [-0.15, -0.1) is 6.42 Å². The molecule has 2 fully saturated rings. The summed E-state index contributed by atoms with van der Waals surface area (Å²) >= 11 is 3.35. The highest BCUT2D eigenvalue weighted by Gasteiger charge is 2.64. The number of amides is 3. The number of aryl methyl sites for hydroxylation is 2. The Bertz CT molecular complexity index is 1830. The first kappa shape index (κ1) is 28.5. The van der Waals surface area contributed by atoms with Crippen LogP contribution in [-0.2, 0) is 16.1 Å². The number of rotatable bonds is 7. The zero-order chi connectivity index (χ0) is 30.5. The zero-order valence-electron chi connectivity index (χ0n) is 23.9. The zero-order valence-corrected chi connectivity index (χ0v) is 25.5. The standard InChI is InChI=1S/C31H29BrN8O3/c1-5-10-33-30(43)27-21-11-19(20-14-34-18(3)35-15-20)7-8-22(21)39(38-27)16-26(41)40-23(12-31(4)13-24(31)40)29(42)37-28-17(2)6-9-25(32)36-28/h1,6-9,11,14-15,23-24H,10,12-13,16H2,2-4H3,(H,33,43)(H,36,37,42)/t23-,24+,31-/m0/s1. The van der Waals surface area contributed by atoms with Gasteiger partial charge in [-0.25, -0.2) is 15.0 Å². The van der Waals surface area contributed by atoms with Crippen molar-refractivity contribution in [3.05, 3.63) is 64.4 Å². The molecule has 1 aromatic carbocycles. The molecule has 2 aliphatic rings. The number of carbonyl (C=O) groups is 3. The van der Waals surface area contributed by atoms with E-state index in [1.54, 1.807) is 30.3 Å². The third kappa shape index (κ3) is 5.36. The normalized spacial score (nSPS) is 20.4. The van der Waals surface area contributed by atoms with Crippen molar-refractivity contribution in [3.8, 4) is 23.5 Å². The maximum absolute atomic E-state index is 13.9. The first-order valence-electron chi connectivity index (χ1n) is 13.8. The molecule has 218 valence electrons. The topological polar surface area (TPSA) is 135 Å². The molecule has 3 amide bonds.